The van der Waals surface area contributed by atoms with Crippen molar-refractivity contribution in [3.8, 4) is 17.2 Å². The van der Waals surface area contributed by atoms with Crippen molar-refractivity contribution in [3.05, 3.63) is 87.2 Å². The van der Waals surface area contributed by atoms with Gasteiger partial charge in [0.15, 0.2) is 0 Å². The number of nitrogens with zero attached hydrogens (tertiary/aromatic N) is 1. The Kier molecular flexibility index (Phi) is 7.19. The molecule has 156 valence electrons. The van der Waals surface area contributed by atoms with Crippen LogP contribution in [0, 0.1) is 5.82 Å². The molecule has 30 heavy (non-hydrogen) atoms. The van der Waals surface area contributed by atoms with E-state index in [9.17, 15) is 9.60 Å². The Balaban J connectivity index is 2.02. The molecule has 3 aromatic rings. The first-order valence-corrected chi connectivity index (χ1v) is 10.0. The predicted molar refractivity (Wildman–Crippen MR) is 117 cm³/mol. The van der Waals surface area contributed by atoms with Gasteiger partial charge in [-0.25, -0.2) is 4.39 Å². The number of hydrogen-bond donors (Lipinski definition) is 1. The summed E-state index contributed by atoms with van der Waals surface area (Å²) in [5, 5.41) is 13.9. The molecule has 0 aromatic heterocycles. The van der Waals surface area contributed by atoms with Crippen LogP contribution in [0.25, 0.3) is 0 Å². The lowest BCUT2D eigenvalue weighted by Gasteiger charge is -2.15. The number of methoxy groups -OCH3 is 1. The molecular weight excluding hydrogens is 428 g/mol. The van der Waals surface area contributed by atoms with E-state index < -0.39 is 5.82 Å². The van der Waals surface area contributed by atoms with Crippen molar-refractivity contribution in [3.63, 3.8) is 0 Å². The lowest BCUT2D eigenvalue weighted by molar-refractivity contribution is 0.319. The molecule has 0 atom stereocenters. The Bertz CT molecular complexity index is 1070. The highest BCUT2D eigenvalue weighted by Crippen LogP contribution is 2.31. The van der Waals surface area contributed by atoms with Crippen molar-refractivity contribution < 1.29 is 19.1 Å². The molecule has 0 spiro atoms. The first kappa shape index (κ1) is 21.9. The number of aryl methyl sites for hydroxylation is 1. The molecule has 0 bridgehead atoms. The maximum atomic E-state index is 14.6. The fraction of sp³-hybridized carbons (Fsp3) is 0.174. The summed E-state index contributed by atoms with van der Waals surface area (Å²) in [4.78, 5) is 0. The summed E-state index contributed by atoms with van der Waals surface area (Å²) < 4.78 is 25.7. The summed E-state index contributed by atoms with van der Waals surface area (Å²) in [5.74, 6) is 0.918. The van der Waals surface area contributed by atoms with Crippen molar-refractivity contribution in [2.45, 2.75) is 19.8 Å². The van der Waals surface area contributed by atoms with Crippen LogP contribution in [0.1, 0.15) is 30.0 Å². The second-order valence-corrected chi connectivity index (χ2v) is 7.38. The first-order valence-electron chi connectivity index (χ1n) is 9.29. The quantitative estimate of drug-likeness (QED) is 0.238. The van der Waals surface area contributed by atoms with E-state index in [2.05, 4.69) is 5.16 Å². The Morgan fingerprint density at radius 2 is 1.70 bits per heavy atom. The highest BCUT2D eigenvalue weighted by molar-refractivity contribution is 6.32. The third-order valence-electron chi connectivity index (χ3n) is 4.50. The summed E-state index contributed by atoms with van der Waals surface area (Å²) in [6.45, 7) is 2.03. The SMILES string of the molecule is CCCc1cc(Oc2ccc(Cl)cc2)ccc1C(=NO)c1cc(OC)c(Cl)cc1F. The molecule has 0 saturated carbocycles. The monoisotopic (exact) mass is 447 g/mol. The summed E-state index contributed by atoms with van der Waals surface area (Å²) in [6, 6.07) is 14.9. The van der Waals surface area contributed by atoms with Gasteiger partial charge in [-0.3, -0.25) is 0 Å². The number of benzene rings is 3. The standard InChI is InChI=1S/C23H20Cl2FNO3/c1-3-4-14-11-17(30-16-7-5-15(24)6-8-16)9-10-18(14)23(27-28)19-12-22(29-2)20(25)13-21(19)26/h5-13,28H,3-4H2,1-2H3. The van der Waals surface area contributed by atoms with Gasteiger partial charge in [0.1, 0.15) is 28.8 Å². The van der Waals surface area contributed by atoms with Crippen molar-refractivity contribution in [1.82, 2.24) is 0 Å². The van der Waals surface area contributed by atoms with Crippen LogP contribution in [-0.2, 0) is 6.42 Å². The molecule has 3 aromatic carbocycles. The zero-order valence-corrected chi connectivity index (χ0v) is 18.0. The zero-order chi connectivity index (χ0) is 21.7. The molecular formula is C23H20Cl2FNO3. The minimum Gasteiger partial charge on any atom is -0.495 e. The Hall–Kier alpha value is -2.76. The number of rotatable bonds is 7. The van der Waals surface area contributed by atoms with Crippen LogP contribution in [0.15, 0.2) is 59.8 Å². The molecule has 1 N–H and O–H groups in total. The smallest absolute Gasteiger partial charge is 0.138 e. The second kappa shape index (κ2) is 9.83. The van der Waals surface area contributed by atoms with Crippen LogP contribution in [0.4, 0.5) is 4.39 Å². The highest BCUT2D eigenvalue weighted by atomic mass is 35.5. The van der Waals surface area contributed by atoms with Gasteiger partial charge in [0.2, 0.25) is 0 Å². The van der Waals surface area contributed by atoms with Crippen molar-refractivity contribution in [2.75, 3.05) is 7.11 Å². The predicted octanol–water partition coefficient (Wildman–Crippen LogP) is 7.11. The molecule has 0 aliphatic heterocycles. The highest BCUT2D eigenvalue weighted by Gasteiger charge is 2.19. The van der Waals surface area contributed by atoms with Gasteiger partial charge >= 0.3 is 0 Å². The van der Waals surface area contributed by atoms with E-state index in [1.54, 1.807) is 36.4 Å². The fourth-order valence-corrected chi connectivity index (χ4v) is 3.45. The Morgan fingerprint density at radius 1 is 1.00 bits per heavy atom. The number of oxime groups is 1. The maximum absolute atomic E-state index is 14.6. The Morgan fingerprint density at radius 3 is 2.33 bits per heavy atom. The molecule has 0 heterocycles. The van der Waals surface area contributed by atoms with Crippen molar-refractivity contribution in [1.29, 1.82) is 0 Å². The molecule has 0 saturated heterocycles. The minimum atomic E-state index is -0.613. The maximum Gasteiger partial charge on any atom is 0.138 e. The van der Waals surface area contributed by atoms with Gasteiger partial charge in [-0.15, -0.1) is 0 Å². The third-order valence-corrected chi connectivity index (χ3v) is 5.04. The largest absolute Gasteiger partial charge is 0.495 e. The molecule has 0 radical (unpaired) electrons. The average molecular weight is 448 g/mol. The van der Waals surface area contributed by atoms with E-state index in [-0.39, 0.29) is 22.0 Å². The van der Waals surface area contributed by atoms with Crippen LogP contribution in [0.3, 0.4) is 0 Å². The van der Waals surface area contributed by atoms with Crippen LogP contribution in [-0.4, -0.2) is 18.0 Å². The van der Waals surface area contributed by atoms with E-state index in [0.717, 1.165) is 18.1 Å². The van der Waals surface area contributed by atoms with Crippen LogP contribution >= 0.6 is 23.2 Å². The van der Waals surface area contributed by atoms with Crippen LogP contribution in [0.5, 0.6) is 17.2 Å². The summed E-state index contributed by atoms with van der Waals surface area (Å²) in [7, 11) is 1.43. The molecule has 3 rings (SSSR count). The number of halogens is 3. The van der Waals surface area contributed by atoms with E-state index in [0.29, 0.717) is 28.5 Å². The topological polar surface area (TPSA) is 51.0 Å². The average Bonchev–Trinajstić information content (AvgIpc) is 2.73. The number of ether oxygens (including phenoxy) is 2. The summed E-state index contributed by atoms with van der Waals surface area (Å²) in [5.41, 5.74) is 1.61. The molecule has 0 fully saturated rings. The van der Waals surface area contributed by atoms with E-state index in [1.807, 2.05) is 13.0 Å². The van der Waals surface area contributed by atoms with Crippen molar-refractivity contribution in [2.24, 2.45) is 5.16 Å². The van der Waals surface area contributed by atoms with Gasteiger partial charge in [-0.2, -0.15) is 0 Å². The minimum absolute atomic E-state index is 0.0856. The molecule has 4 nitrogen and oxygen atoms in total. The summed E-state index contributed by atoms with van der Waals surface area (Å²) in [6.07, 6.45) is 1.51. The molecule has 0 amide bonds. The van der Waals surface area contributed by atoms with E-state index in [1.165, 1.54) is 13.2 Å². The van der Waals surface area contributed by atoms with E-state index >= 15 is 0 Å². The van der Waals surface area contributed by atoms with Gasteiger partial charge in [-0.05, 0) is 66.6 Å². The second-order valence-electron chi connectivity index (χ2n) is 6.54. The van der Waals surface area contributed by atoms with Gasteiger partial charge in [-0.1, -0.05) is 41.7 Å². The zero-order valence-electron chi connectivity index (χ0n) is 16.5. The van der Waals surface area contributed by atoms with Gasteiger partial charge < -0.3 is 14.7 Å². The molecule has 7 heteroatoms. The molecule has 0 unspecified atom stereocenters. The fourth-order valence-electron chi connectivity index (χ4n) is 3.10. The molecule has 0 aliphatic carbocycles. The molecule has 0 aliphatic rings. The lowest BCUT2D eigenvalue weighted by atomic mass is 9.94. The van der Waals surface area contributed by atoms with E-state index in [4.69, 9.17) is 32.7 Å². The van der Waals surface area contributed by atoms with Gasteiger partial charge in [0, 0.05) is 16.1 Å². The van der Waals surface area contributed by atoms with Gasteiger partial charge in [0.25, 0.3) is 0 Å². The lowest BCUT2D eigenvalue weighted by Crippen LogP contribution is -2.10. The Labute approximate surface area is 184 Å². The third kappa shape index (κ3) is 4.86. The van der Waals surface area contributed by atoms with Crippen LogP contribution in [0.2, 0.25) is 10.0 Å². The first-order chi connectivity index (χ1) is 14.5. The number of hydrogen-bond acceptors (Lipinski definition) is 4. The van der Waals surface area contributed by atoms with Gasteiger partial charge in [0.05, 0.1) is 12.1 Å². The summed E-state index contributed by atoms with van der Waals surface area (Å²) >= 11 is 11.9. The van der Waals surface area contributed by atoms with Crippen LogP contribution < -0.4 is 9.47 Å². The van der Waals surface area contributed by atoms with Crippen molar-refractivity contribution >= 4 is 28.9 Å². The normalized spacial score (nSPS) is 11.4.